The first-order valence-electron chi connectivity index (χ1n) is 11.2. The largest absolute Gasteiger partial charge is 0.493 e. The molecule has 8 heteroatoms. The summed E-state index contributed by atoms with van der Waals surface area (Å²) in [5, 5.41) is 9.03. The number of furan rings is 1. The Labute approximate surface area is 209 Å². The van der Waals surface area contributed by atoms with E-state index in [0.29, 0.717) is 39.9 Å². The molecule has 7 nitrogen and oxygen atoms in total. The highest BCUT2D eigenvalue weighted by Crippen LogP contribution is 2.35. The van der Waals surface area contributed by atoms with Crippen molar-refractivity contribution in [3.63, 3.8) is 0 Å². The summed E-state index contributed by atoms with van der Waals surface area (Å²) in [7, 11) is 1.60. The van der Waals surface area contributed by atoms with Crippen LogP contribution in [0.2, 0.25) is 0 Å². The second-order valence-electron chi connectivity index (χ2n) is 8.23. The average molecular weight is 490 g/mol. The van der Waals surface area contributed by atoms with E-state index in [4.69, 9.17) is 13.9 Å². The van der Waals surface area contributed by atoms with E-state index in [9.17, 15) is 4.79 Å². The minimum absolute atomic E-state index is 0.167. The zero-order valence-corrected chi connectivity index (χ0v) is 20.7. The van der Waals surface area contributed by atoms with Crippen LogP contribution in [0.4, 0.5) is 0 Å². The number of nitrogens with zero attached hydrogens (tertiary/aromatic N) is 3. The molecule has 0 saturated carbocycles. The van der Waals surface area contributed by atoms with Crippen LogP contribution in [0.3, 0.4) is 0 Å². The van der Waals surface area contributed by atoms with Crippen molar-refractivity contribution < 1.29 is 18.7 Å². The van der Waals surface area contributed by atoms with Crippen LogP contribution >= 0.6 is 11.8 Å². The standard InChI is InChI=1S/C27H27N3O4S/c1-19(2)18-34-23-12-11-21(14-24(23)32-3)15-25-26(31)30(17-22-10-7-13-33-22)27(35-25)29-28-16-20-8-5-4-6-9-20/h4-16,19H,17-18H2,1-3H3/b25-15-,28-16-,29-27+. The van der Waals surface area contributed by atoms with E-state index in [-0.39, 0.29) is 12.5 Å². The summed E-state index contributed by atoms with van der Waals surface area (Å²) >= 11 is 1.27. The summed E-state index contributed by atoms with van der Waals surface area (Å²) in [5.74, 6) is 2.18. The fourth-order valence-corrected chi connectivity index (χ4v) is 4.20. The molecule has 0 bridgehead atoms. The number of hydrogen-bond acceptors (Lipinski definition) is 7. The number of carbonyl (C=O) groups excluding carboxylic acids is 1. The summed E-state index contributed by atoms with van der Waals surface area (Å²) in [6.45, 7) is 5.04. The van der Waals surface area contributed by atoms with Gasteiger partial charge < -0.3 is 13.9 Å². The number of rotatable bonds is 9. The number of hydrogen-bond donors (Lipinski definition) is 0. The summed E-state index contributed by atoms with van der Waals surface area (Å²) in [6, 6.07) is 18.9. The molecule has 0 spiro atoms. The maximum Gasteiger partial charge on any atom is 0.267 e. The van der Waals surface area contributed by atoms with Crippen molar-refractivity contribution in [1.82, 2.24) is 4.90 Å². The first kappa shape index (κ1) is 24.3. The molecule has 0 radical (unpaired) electrons. The Morgan fingerprint density at radius 3 is 2.60 bits per heavy atom. The minimum Gasteiger partial charge on any atom is -0.493 e. The van der Waals surface area contributed by atoms with Gasteiger partial charge in [0.05, 0.1) is 37.6 Å². The molecule has 2 aromatic carbocycles. The van der Waals surface area contributed by atoms with E-state index >= 15 is 0 Å². The molecule has 0 N–H and O–H groups in total. The highest BCUT2D eigenvalue weighted by atomic mass is 32.2. The fourth-order valence-electron chi connectivity index (χ4n) is 3.27. The molecule has 1 amide bonds. The van der Waals surface area contributed by atoms with E-state index in [1.165, 1.54) is 11.8 Å². The molecule has 0 unspecified atom stereocenters. The lowest BCUT2D eigenvalue weighted by molar-refractivity contribution is -0.122. The molecule has 1 saturated heterocycles. The Morgan fingerprint density at radius 1 is 1.06 bits per heavy atom. The molecular weight excluding hydrogens is 462 g/mol. The topological polar surface area (TPSA) is 76.6 Å². The minimum atomic E-state index is -0.167. The number of thioether (sulfide) groups is 1. The van der Waals surface area contributed by atoms with Crippen LogP contribution in [-0.2, 0) is 11.3 Å². The van der Waals surface area contributed by atoms with Crippen molar-refractivity contribution in [2.75, 3.05) is 13.7 Å². The smallest absolute Gasteiger partial charge is 0.267 e. The molecular formula is C27H27N3O4S. The molecule has 0 aliphatic carbocycles. The van der Waals surface area contributed by atoms with Crippen LogP contribution in [0.5, 0.6) is 11.5 Å². The molecule has 180 valence electrons. The highest BCUT2D eigenvalue weighted by Gasteiger charge is 2.34. The van der Waals surface area contributed by atoms with Crippen LogP contribution in [0, 0.1) is 5.92 Å². The van der Waals surface area contributed by atoms with Gasteiger partial charge in [-0.05, 0) is 59.1 Å². The molecule has 1 aromatic heterocycles. The molecule has 1 aliphatic heterocycles. The monoisotopic (exact) mass is 489 g/mol. The molecule has 4 rings (SSSR count). The van der Waals surface area contributed by atoms with Crippen molar-refractivity contribution in [1.29, 1.82) is 0 Å². The second-order valence-corrected chi connectivity index (χ2v) is 9.24. The third-order valence-corrected chi connectivity index (χ3v) is 5.99. The number of methoxy groups -OCH3 is 1. The van der Waals surface area contributed by atoms with E-state index < -0.39 is 0 Å². The van der Waals surface area contributed by atoms with Crippen LogP contribution < -0.4 is 9.47 Å². The zero-order chi connectivity index (χ0) is 24.6. The summed E-state index contributed by atoms with van der Waals surface area (Å²) in [4.78, 5) is 15.4. The van der Waals surface area contributed by atoms with Crippen molar-refractivity contribution in [2.45, 2.75) is 20.4 Å². The average Bonchev–Trinajstić information content (AvgIpc) is 3.48. The van der Waals surface area contributed by atoms with Gasteiger partial charge in [-0.3, -0.25) is 9.69 Å². The van der Waals surface area contributed by atoms with Crippen LogP contribution in [0.1, 0.15) is 30.7 Å². The fraction of sp³-hybridized carbons (Fsp3) is 0.222. The maximum absolute atomic E-state index is 13.3. The van der Waals surface area contributed by atoms with Gasteiger partial charge in [-0.2, -0.15) is 5.10 Å². The first-order chi connectivity index (χ1) is 17.0. The number of benzene rings is 2. The van der Waals surface area contributed by atoms with E-state index in [1.54, 1.807) is 30.6 Å². The molecule has 2 heterocycles. The van der Waals surface area contributed by atoms with Crippen LogP contribution in [0.15, 0.2) is 86.5 Å². The predicted octanol–water partition coefficient (Wildman–Crippen LogP) is 5.83. The van der Waals surface area contributed by atoms with Crippen molar-refractivity contribution >= 4 is 35.1 Å². The third-order valence-electron chi connectivity index (χ3n) is 4.99. The Bertz CT molecular complexity index is 1230. The van der Waals surface area contributed by atoms with Gasteiger partial charge in [0.15, 0.2) is 16.7 Å². The number of carbonyl (C=O) groups is 1. The van der Waals surface area contributed by atoms with Gasteiger partial charge in [0.1, 0.15) is 5.76 Å². The lowest BCUT2D eigenvalue weighted by Crippen LogP contribution is -2.28. The van der Waals surface area contributed by atoms with Crippen molar-refractivity contribution in [2.24, 2.45) is 16.1 Å². The van der Waals surface area contributed by atoms with Gasteiger partial charge >= 0.3 is 0 Å². The lowest BCUT2D eigenvalue weighted by Gasteiger charge is -2.13. The quantitative estimate of drug-likeness (QED) is 0.215. The number of amidine groups is 1. The van der Waals surface area contributed by atoms with Crippen molar-refractivity contribution in [3.05, 3.63) is 88.7 Å². The van der Waals surface area contributed by atoms with Gasteiger partial charge in [-0.25, -0.2) is 0 Å². The SMILES string of the molecule is COc1cc(/C=C2\S/C(=N/N=C\c3ccccc3)N(Cc3ccco3)C2=O)ccc1OCC(C)C. The van der Waals surface area contributed by atoms with Gasteiger partial charge in [-0.1, -0.05) is 50.2 Å². The number of amides is 1. The normalized spacial score (nSPS) is 16.2. The Hall–Kier alpha value is -3.78. The van der Waals surface area contributed by atoms with Crippen LogP contribution in [-0.4, -0.2) is 35.9 Å². The van der Waals surface area contributed by atoms with E-state index in [1.807, 2.05) is 60.7 Å². The first-order valence-corrected chi connectivity index (χ1v) is 12.1. The summed E-state index contributed by atoms with van der Waals surface area (Å²) in [6.07, 6.45) is 5.06. The molecule has 0 atom stereocenters. The Morgan fingerprint density at radius 2 is 1.89 bits per heavy atom. The Balaban J connectivity index is 1.59. The van der Waals surface area contributed by atoms with E-state index in [2.05, 4.69) is 24.1 Å². The van der Waals surface area contributed by atoms with Crippen LogP contribution in [0.25, 0.3) is 6.08 Å². The number of ether oxygens (including phenoxy) is 2. The molecule has 1 fully saturated rings. The Kier molecular flexibility index (Phi) is 8.05. The van der Waals surface area contributed by atoms with Gasteiger partial charge in [-0.15, -0.1) is 5.10 Å². The predicted molar refractivity (Wildman–Crippen MR) is 140 cm³/mol. The molecule has 1 aliphatic rings. The second kappa shape index (κ2) is 11.6. The van der Waals surface area contributed by atoms with Gasteiger partial charge in [0.2, 0.25) is 0 Å². The zero-order valence-electron chi connectivity index (χ0n) is 19.9. The third kappa shape index (κ3) is 6.42. The summed E-state index contributed by atoms with van der Waals surface area (Å²) < 4.78 is 16.8. The highest BCUT2D eigenvalue weighted by molar-refractivity contribution is 8.18. The van der Waals surface area contributed by atoms with Gasteiger partial charge in [0, 0.05) is 0 Å². The maximum atomic E-state index is 13.3. The van der Waals surface area contributed by atoms with E-state index in [0.717, 1.165) is 11.1 Å². The van der Waals surface area contributed by atoms with Gasteiger partial charge in [0.25, 0.3) is 5.91 Å². The molecule has 3 aromatic rings. The molecule has 35 heavy (non-hydrogen) atoms. The lowest BCUT2D eigenvalue weighted by atomic mass is 10.1. The van der Waals surface area contributed by atoms with Crippen molar-refractivity contribution in [3.8, 4) is 11.5 Å². The summed E-state index contributed by atoms with van der Waals surface area (Å²) in [5.41, 5.74) is 1.74.